The van der Waals surface area contributed by atoms with Gasteiger partial charge < -0.3 is 5.32 Å². The number of hydrogen-bond donors (Lipinski definition) is 1. The standard InChI is InChI=1S/C14H10Cl2N2O3/c1-8-3-2-4-9(5-8)17-14(19)11-6-10(18(20)21)7-12(15)13(11)16/h2-7H,1H3,(H,17,19). The minimum atomic E-state index is -0.633. The van der Waals surface area contributed by atoms with E-state index >= 15 is 0 Å². The predicted octanol–water partition coefficient (Wildman–Crippen LogP) is 4.46. The second-order valence-corrected chi connectivity index (χ2v) is 5.16. The Labute approximate surface area is 130 Å². The number of halogens is 2. The molecule has 0 saturated carbocycles. The van der Waals surface area contributed by atoms with E-state index < -0.39 is 10.8 Å². The van der Waals surface area contributed by atoms with Crippen molar-refractivity contribution in [3.63, 3.8) is 0 Å². The van der Waals surface area contributed by atoms with Gasteiger partial charge >= 0.3 is 0 Å². The molecule has 0 aliphatic carbocycles. The van der Waals surface area contributed by atoms with E-state index in [-0.39, 0.29) is 21.3 Å². The van der Waals surface area contributed by atoms with E-state index in [4.69, 9.17) is 23.2 Å². The lowest BCUT2D eigenvalue weighted by Gasteiger charge is -2.08. The molecular formula is C14H10Cl2N2O3. The van der Waals surface area contributed by atoms with E-state index in [0.717, 1.165) is 17.7 Å². The maximum atomic E-state index is 12.2. The monoisotopic (exact) mass is 324 g/mol. The molecule has 1 N–H and O–H groups in total. The lowest BCUT2D eigenvalue weighted by molar-refractivity contribution is -0.384. The molecule has 2 aromatic rings. The smallest absolute Gasteiger partial charge is 0.271 e. The van der Waals surface area contributed by atoms with Gasteiger partial charge in [0.05, 0.1) is 20.5 Å². The third-order valence-electron chi connectivity index (χ3n) is 2.74. The molecule has 0 radical (unpaired) electrons. The van der Waals surface area contributed by atoms with Crippen LogP contribution in [-0.4, -0.2) is 10.8 Å². The maximum Gasteiger partial charge on any atom is 0.271 e. The minimum Gasteiger partial charge on any atom is -0.322 e. The van der Waals surface area contributed by atoms with E-state index in [9.17, 15) is 14.9 Å². The van der Waals surface area contributed by atoms with Crippen LogP contribution >= 0.6 is 23.2 Å². The highest BCUT2D eigenvalue weighted by atomic mass is 35.5. The summed E-state index contributed by atoms with van der Waals surface area (Å²) >= 11 is 11.8. The maximum absolute atomic E-state index is 12.2. The van der Waals surface area contributed by atoms with Crippen molar-refractivity contribution >= 4 is 40.5 Å². The molecule has 0 aliphatic heterocycles. The van der Waals surface area contributed by atoms with E-state index in [1.165, 1.54) is 0 Å². The number of amides is 1. The Balaban J connectivity index is 2.37. The molecule has 0 spiro atoms. The van der Waals surface area contributed by atoms with Crippen LogP contribution in [0.25, 0.3) is 0 Å². The normalized spacial score (nSPS) is 10.2. The Bertz CT molecular complexity index is 732. The molecule has 0 aromatic heterocycles. The number of nitrogens with zero attached hydrogens (tertiary/aromatic N) is 1. The fourth-order valence-electron chi connectivity index (χ4n) is 1.77. The summed E-state index contributed by atoms with van der Waals surface area (Å²) < 4.78 is 0. The Morgan fingerprint density at radius 1 is 1.24 bits per heavy atom. The first-order valence-electron chi connectivity index (χ1n) is 5.90. The lowest BCUT2D eigenvalue weighted by atomic mass is 10.1. The van der Waals surface area contributed by atoms with Crippen LogP contribution in [0.3, 0.4) is 0 Å². The van der Waals surface area contributed by atoms with Gasteiger partial charge in [0.25, 0.3) is 11.6 Å². The topological polar surface area (TPSA) is 72.2 Å². The van der Waals surface area contributed by atoms with Crippen LogP contribution in [0.1, 0.15) is 15.9 Å². The quantitative estimate of drug-likeness (QED) is 0.669. The highest BCUT2D eigenvalue weighted by Gasteiger charge is 2.19. The Kier molecular flexibility index (Phi) is 4.45. The Morgan fingerprint density at radius 3 is 2.57 bits per heavy atom. The molecule has 0 atom stereocenters. The number of anilines is 1. The average Bonchev–Trinajstić information content (AvgIpc) is 2.41. The SMILES string of the molecule is Cc1cccc(NC(=O)c2cc([N+](=O)[O-])cc(Cl)c2Cl)c1. The van der Waals surface area contributed by atoms with Gasteiger partial charge in [-0.3, -0.25) is 14.9 Å². The van der Waals surface area contributed by atoms with Gasteiger partial charge in [-0.25, -0.2) is 0 Å². The van der Waals surface area contributed by atoms with Crippen LogP contribution in [0, 0.1) is 17.0 Å². The molecule has 0 aliphatic rings. The molecule has 0 bridgehead atoms. The van der Waals surface area contributed by atoms with Gasteiger partial charge in [0.2, 0.25) is 0 Å². The number of rotatable bonds is 3. The molecule has 108 valence electrons. The van der Waals surface area contributed by atoms with Crippen LogP contribution in [0.5, 0.6) is 0 Å². The largest absolute Gasteiger partial charge is 0.322 e. The number of aryl methyl sites for hydroxylation is 1. The number of hydrogen-bond acceptors (Lipinski definition) is 3. The fraction of sp³-hybridized carbons (Fsp3) is 0.0714. The van der Waals surface area contributed by atoms with Crippen molar-refractivity contribution in [2.24, 2.45) is 0 Å². The summed E-state index contributed by atoms with van der Waals surface area (Å²) in [7, 11) is 0. The van der Waals surface area contributed by atoms with Gasteiger partial charge in [-0.1, -0.05) is 35.3 Å². The van der Waals surface area contributed by atoms with Gasteiger partial charge in [0, 0.05) is 17.8 Å². The van der Waals surface area contributed by atoms with Crippen LogP contribution in [0.4, 0.5) is 11.4 Å². The van der Waals surface area contributed by atoms with Gasteiger partial charge in [-0.2, -0.15) is 0 Å². The predicted molar refractivity (Wildman–Crippen MR) is 82.2 cm³/mol. The average molecular weight is 325 g/mol. The van der Waals surface area contributed by atoms with Crippen molar-refractivity contribution in [1.82, 2.24) is 0 Å². The fourth-order valence-corrected chi connectivity index (χ4v) is 2.18. The van der Waals surface area contributed by atoms with Crippen molar-refractivity contribution in [2.75, 3.05) is 5.32 Å². The van der Waals surface area contributed by atoms with E-state index in [0.29, 0.717) is 5.69 Å². The molecular weight excluding hydrogens is 315 g/mol. The van der Waals surface area contributed by atoms with Crippen molar-refractivity contribution in [1.29, 1.82) is 0 Å². The number of carbonyl (C=O) groups excluding carboxylic acids is 1. The molecule has 0 saturated heterocycles. The molecule has 0 fully saturated rings. The molecule has 0 heterocycles. The first kappa shape index (κ1) is 15.3. The summed E-state index contributed by atoms with van der Waals surface area (Å²) in [5.41, 5.74) is 1.20. The van der Waals surface area contributed by atoms with Crippen molar-refractivity contribution in [3.8, 4) is 0 Å². The van der Waals surface area contributed by atoms with Crippen molar-refractivity contribution < 1.29 is 9.72 Å². The van der Waals surface area contributed by atoms with Gasteiger partial charge in [-0.15, -0.1) is 0 Å². The molecule has 21 heavy (non-hydrogen) atoms. The minimum absolute atomic E-state index is 0.0209. The first-order chi connectivity index (χ1) is 9.88. The second kappa shape index (κ2) is 6.11. The van der Waals surface area contributed by atoms with Crippen LogP contribution < -0.4 is 5.32 Å². The summed E-state index contributed by atoms with van der Waals surface area (Å²) in [5.74, 6) is -0.559. The number of nitro benzene ring substituents is 1. The van der Waals surface area contributed by atoms with Gasteiger partial charge in [0.1, 0.15) is 0 Å². The number of nitro groups is 1. The third kappa shape index (κ3) is 3.51. The molecule has 5 nitrogen and oxygen atoms in total. The van der Waals surface area contributed by atoms with Gasteiger partial charge in [0.15, 0.2) is 0 Å². The lowest BCUT2D eigenvalue weighted by Crippen LogP contribution is -2.13. The second-order valence-electron chi connectivity index (χ2n) is 4.37. The molecule has 0 unspecified atom stereocenters. The summed E-state index contributed by atoms with van der Waals surface area (Å²) in [6.07, 6.45) is 0. The molecule has 2 rings (SSSR count). The highest BCUT2D eigenvalue weighted by Crippen LogP contribution is 2.31. The van der Waals surface area contributed by atoms with Crippen LogP contribution in [-0.2, 0) is 0 Å². The number of carbonyl (C=O) groups is 1. The van der Waals surface area contributed by atoms with Gasteiger partial charge in [-0.05, 0) is 24.6 Å². The zero-order valence-corrected chi connectivity index (χ0v) is 12.4. The van der Waals surface area contributed by atoms with Crippen molar-refractivity contribution in [2.45, 2.75) is 6.92 Å². The number of benzene rings is 2. The Hall–Kier alpha value is -2.11. The summed E-state index contributed by atoms with van der Waals surface area (Å²) in [5, 5.41) is 13.4. The van der Waals surface area contributed by atoms with Crippen LogP contribution in [0.2, 0.25) is 10.0 Å². The Morgan fingerprint density at radius 2 is 1.95 bits per heavy atom. The highest BCUT2D eigenvalue weighted by molar-refractivity contribution is 6.44. The number of non-ortho nitro benzene ring substituents is 1. The van der Waals surface area contributed by atoms with E-state index in [1.807, 2.05) is 13.0 Å². The number of nitrogens with one attached hydrogen (secondary N) is 1. The zero-order chi connectivity index (χ0) is 15.6. The summed E-state index contributed by atoms with van der Waals surface area (Å²) in [6, 6.07) is 9.34. The van der Waals surface area contributed by atoms with Crippen LogP contribution in [0.15, 0.2) is 36.4 Å². The molecule has 1 amide bonds. The first-order valence-corrected chi connectivity index (χ1v) is 6.65. The summed E-state index contributed by atoms with van der Waals surface area (Å²) in [4.78, 5) is 22.4. The van der Waals surface area contributed by atoms with E-state index in [1.54, 1.807) is 18.2 Å². The van der Waals surface area contributed by atoms with Crippen molar-refractivity contribution in [3.05, 3.63) is 67.7 Å². The molecule has 2 aromatic carbocycles. The molecule has 7 heteroatoms. The zero-order valence-electron chi connectivity index (χ0n) is 10.9. The third-order valence-corrected chi connectivity index (χ3v) is 3.55. The summed E-state index contributed by atoms with van der Waals surface area (Å²) in [6.45, 7) is 1.88. The van der Waals surface area contributed by atoms with E-state index in [2.05, 4.69) is 5.32 Å².